The second kappa shape index (κ2) is 5.46. The summed E-state index contributed by atoms with van der Waals surface area (Å²) in [6.45, 7) is 4.76. The first-order valence-corrected chi connectivity index (χ1v) is 7.69. The van der Waals surface area contributed by atoms with Gasteiger partial charge < -0.3 is 10.6 Å². The number of hydrazine groups is 1. The van der Waals surface area contributed by atoms with Crippen LogP contribution in [0.15, 0.2) is 23.1 Å². The average Bonchev–Trinajstić information content (AvgIpc) is 2.35. The minimum Gasteiger partial charge on any atom is -0.398 e. The lowest BCUT2D eigenvalue weighted by Gasteiger charge is -2.32. The normalized spacial score (nSPS) is 18.6. The van der Waals surface area contributed by atoms with Crippen LogP contribution in [0.3, 0.4) is 0 Å². The van der Waals surface area contributed by atoms with E-state index in [1.807, 2.05) is 7.05 Å². The minimum absolute atomic E-state index is 0.242. The first-order chi connectivity index (χ1) is 8.90. The number of nitrogens with zero attached hydrogens (tertiary/aromatic N) is 2. The van der Waals surface area contributed by atoms with Crippen LogP contribution in [0.5, 0.6) is 0 Å². The molecule has 0 unspecified atom stereocenters. The van der Waals surface area contributed by atoms with Gasteiger partial charge in [-0.05, 0) is 31.7 Å². The zero-order valence-corrected chi connectivity index (χ0v) is 12.1. The third-order valence-electron chi connectivity index (χ3n) is 3.37. The largest absolute Gasteiger partial charge is 0.398 e. The van der Waals surface area contributed by atoms with Crippen LogP contribution in [0.4, 0.5) is 5.69 Å². The Kier molecular flexibility index (Phi) is 4.10. The van der Waals surface area contributed by atoms with E-state index in [2.05, 4.69) is 9.73 Å². The molecule has 1 fully saturated rings. The Morgan fingerprint density at radius 3 is 2.47 bits per heavy atom. The van der Waals surface area contributed by atoms with Gasteiger partial charge in [0.05, 0.1) is 4.90 Å². The average molecular weight is 284 g/mol. The fourth-order valence-corrected chi connectivity index (χ4v) is 3.44. The summed E-state index contributed by atoms with van der Waals surface area (Å²) >= 11 is 0. The van der Waals surface area contributed by atoms with Crippen molar-refractivity contribution in [3.63, 3.8) is 0 Å². The van der Waals surface area contributed by atoms with E-state index in [1.165, 1.54) is 0 Å². The summed E-state index contributed by atoms with van der Waals surface area (Å²) in [6, 6.07) is 4.93. The summed E-state index contributed by atoms with van der Waals surface area (Å²) in [5, 5.41) is 1.73. The monoisotopic (exact) mass is 284 g/mol. The van der Waals surface area contributed by atoms with Crippen molar-refractivity contribution in [2.24, 2.45) is 0 Å². The molecule has 1 heterocycles. The van der Waals surface area contributed by atoms with Crippen molar-refractivity contribution in [2.45, 2.75) is 11.8 Å². The number of rotatable bonds is 3. The Bertz CT molecular complexity index is 551. The van der Waals surface area contributed by atoms with Crippen LogP contribution in [0, 0.1) is 6.92 Å². The quantitative estimate of drug-likeness (QED) is 0.765. The van der Waals surface area contributed by atoms with E-state index in [-0.39, 0.29) is 4.90 Å². The van der Waals surface area contributed by atoms with Gasteiger partial charge in [-0.15, -0.1) is 4.83 Å². The predicted octanol–water partition coefficient (Wildman–Crippen LogP) is 0.0179. The molecule has 3 N–H and O–H groups in total. The van der Waals surface area contributed by atoms with Gasteiger partial charge in [-0.3, -0.25) is 0 Å². The van der Waals surface area contributed by atoms with Crippen LogP contribution < -0.4 is 10.6 Å². The van der Waals surface area contributed by atoms with Gasteiger partial charge in [-0.2, -0.15) is 0 Å². The van der Waals surface area contributed by atoms with Gasteiger partial charge in [0.1, 0.15) is 0 Å². The standard InChI is InChI=1S/C12H20N4O2S/c1-10-11(13)4-3-5-12(10)19(17,18)14-16-8-6-15(2)7-9-16/h3-5,14H,6-9,13H2,1-2H3. The highest BCUT2D eigenvalue weighted by molar-refractivity contribution is 7.89. The summed E-state index contributed by atoms with van der Waals surface area (Å²) in [5.74, 6) is 0. The number of benzene rings is 1. The number of likely N-dealkylation sites (N-methyl/N-ethyl adjacent to an activating group) is 1. The molecule has 1 saturated heterocycles. The van der Waals surface area contributed by atoms with Crippen molar-refractivity contribution in [3.8, 4) is 0 Å². The van der Waals surface area contributed by atoms with Crippen LogP contribution in [-0.4, -0.2) is 51.6 Å². The molecule has 1 aromatic carbocycles. The molecule has 106 valence electrons. The van der Waals surface area contributed by atoms with Crippen molar-refractivity contribution >= 4 is 15.7 Å². The molecule has 0 atom stereocenters. The van der Waals surface area contributed by atoms with Gasteiger partial charge in [0.25, 0.3) is 10.0 Å². The molecule has 6 nitrogen and oxygen atoms in total. The topological polar surface area (TPSA) is 78.7 Å². The van der Waals surface area contributed by atoms with E-state index in [9.17, 15) is 8.42 Å². The molecule has 0 aromatic heterocycles. The van der Waals surface area contributed by atoms with Crippen LogP contribution in [0.2, 0.25) is 0 Å². The fourth-order valence-electron chi connectivity index (χ4n) is 2.04. The second-order valence-corrected chi connectivity index (χ2v) is 6.48. The number of nitrogens with two attached hydrogens (primary N) is 1. The van der Waals surface area contributed by atoms with E-state index < -0.39 is 10.0 Å². The lowest BCUT2D eigenvalue weighted by Crippen LogP contribution is -2.52. The molecule has 2 rings (SSSR count). The third kappa shape index (κ3) is 3.24. The number of piperazine rings is 1. The van der Waals surface area contributed by atoms with Gasteiger partial charge in [0.15, 0.2) is 0 Å². The molecular formula is C12H20N4O2S. The van der Waals surface area contributed by atoms with Crippen molar-refractivity contribution in [1.82, 2.24) is 14.7 Å². The van der Waals surface area contributed by atoms with Crippen molar-refractivity contribution in [3.05, 3.63) is 23.8 Å². The number of anilines is 1. The maximum absolute atomic E-state index is 12.3. The van der Waals surface area contributed by atoms with Crippen LogP contribution >= 0.6 is 0 Å². The van der Waals surface area contributed by atoms with Crippen molar-refractivity contribution in [1.29, 1.82) is 0 Å². The third-order valence-corrected chi connectivity index (χ3v) is 4.89. The Morgan fingerprint density at radius 2 is 1.84 bits per heavy atom. The smallest absolute Gasteiger partial charge is 0.253 e. The van der Waals surface area contributed by atoms with Crippen LogP contribution in [0.25, 0.3) is 0 Å². The van der Waals surface area contributed by atoms with Gasteiger partial charge in [-0.25, -0.2) is 13.4 Å². The predicted molar refractivity (Wildman–Crippen MR) is 75.0 cm³/mol. The number of nitrogens with one attached hydrogen (secondary N) is 1. The first-order valence-electron chi connectivity index (χ1n) is 6.21. The summed E-state index contributed by atoms with van der Waals surface area (Å²) in [4.78, 5) is 5.03. The number of hydrogen-bond donors (Lipinski definition) is 2. The van der Waals surface area contributed by atoms with Gasteiger partial charge in [-0.1, -0.05) is 6.07 Å². The number of sulfonamides is 1. The Morgan fingerprint density at radius 1 is 1.21 bits per heavy atom. The maximum atomic E-state index is 12.3. The Labute approximate surface area is 114 Å². The van der Waals surface area contributed by atoms with Crippen LogP contribution in [-0.2, 0) is 10.0 Å². The molecule has 7 heteroatoms. The molecule has 1 aliphatic rings. The summed E-state index contributed by atoms with van der Waals surface area (Å²) in [6.07, 6.45) is 0. The maximum Gasteiger partial charge on any atom is 0.253 e. The SMILES string of the molecule is Cc1c(N)cccc1S(=O)(=O)NN1CCN(C)CC1. The van der Waals surface area contributed by atoms with Gasteiger partial charge in [0, 0.05) is 31.9 Å². The van der Waals surface area contributed by atoms with E-state index in [0.717, 1.165) is 13.1 Å². The molecule has 0 spiro atoms. The molecule has 19 heavy (non-hydrogen) atoms. The highest BCUT2D eigenvalue weighted by atomic mass is 32.2. The molecule has 1 aromatic rings. The Hall–Kier alpha value is -1.15. The van der Waals surface area contributed by atoms with Crippen molar-refractivity contribution in [2.75, 3.05) is 39.0 Å². The lowest BCUT2D eigenvalue weighted by atomic mass is 10.2. The Balaban J connectivity index is 2.16. The second-order valence-electron chi connectivity index (χ2n) is 4.86. The summed E-state index contributed by atoms with van der Waals surface area (Å²) < 4.78 is 24.7. The molecule has 1 aliphatic heterocycles. The van der Waals surface area contributed by atoms with Gasteiger partial charge >= 0.3 is 0 Å². The van der Waals surface area contributed by atoms with E-state index in [0.29, 0.717) is 24.3 Å². The van der Waals surface area contributed by atoms with Crippen molar-refractivity contribution < 1.29 is 8.42 Å². The minimum atomic E-state index is -3.55. The van der Waals surface area contributed by atoms with E-state index >= 15 is 0 Å². The molecule has 0 amide bonds. The van der Waals surface area contributed by atoms with E-state index in [1.54, 1.807) is 30.1 Å². The molecule has 0 aliphatic carbocycles. The molecular weight excluding hydrogens is 264 g/mol. The van der Waals surface area contributed by atoms with Gasteiger partial charge in [0.2, 0.25) is 0 Å². The molecule has 0 radical (unpaired) electrons. The highest BCUT2D eigenvalue weighted by Gasteiger charge is 2.23. The van der Waals surface area contributed by atoms with Crippen LogP contribution in [0.1, 0.15) is 5.56 Å². The summed E-state index contributed by atoms with van der Waals surface area (Å²) in [5.41, 5.74) is 6.83. The molecule has 0 saturated carbocycles. The summed E-state index contributed by atoms with van der Waals surface area (Å²) in [7, 11) is -1.53. The molecule has 0 bridgehead atoms. The fraction of sp³-hybridized carbons (Fsp3) is 0.500. The highest BCUT2D eigenvalue weighted by Crippen LogP contribution is 2.20. The number of hydrogen-bond acceptors (Lipinski definition) is 5. The zero-order valence-electron chi connectivity index (χ0n) is 11.3. The zero-order chi connectivity index (χ0) is 14.0. The first kappa shape index (κ1) is 14.3. The number of nitrogen functional groups attached to an aromatic ring is 1. The lowest BCUT2D eigenvalue weighted by molar-refractivity contribution is 0.135. The van der Waals surface area contributed by atoms with E-state index in [4.69, 9.17) is 5.73 Å².